The van der Waals surface area contributed by atoms with Crippen molar-refractivity contribution in [3.63, 3.8) is 0 Å². The van der Waals surface area contributed by atoms with Crippen LogP contribution in [0.2, 0.25) is 0 Å². The summed E-state index contributed by atoms with van der Waals surface area (Å²) in [5.41, 5.74) is 0. The Bertz CT molecular complexity index is 999. The topological polar surface area (TPSA) is 169 Å². The van der Waals surface area contributed by atoms with E-state index in [1.54, 1.807) is 6.08 Å². The van der Waals surface area contributed by atoms with Gasteiger partial charge < -0.3 is 45.4 Å². The Kier molecular flexibility index (Phi) is 40.4. The molecule has 0 spiro atoms. The highest BCUT2D eigenvalue weighted by atomic mass is 16.7. The molecule has 1 aliphatic rings. The highest BCUT2D eigenvalue weighted by Gasteiger charge is 2.44. The number of nitrogens with one attached hydrogen (secondary N) is 1. The van der Waals surface area contributed by atoms with Crippen LogP contribution >= 0.6 is 0 Å². The Morgan fingerprint density at radius 3 is 1.31 bits per heavy atom. The summed E-state index contributed by atoms with van der Waals surface area (Å²) in [6, 6.07) is -0.975. The van der Waals surface area contributed by atoms with E-state index < -0.39 is 61.5 Å². The number of ether oxygens (including phenoxy) is 2. The van der Waals surface area contributed by atoms with Crippen LogP contribution in [0.1, 0.15) is 251 Å². The largest absolute Gasteiger partial charge is 0.394 e. The number of unbranched alkanes of at least 4 members (excludes halogenated alkanes) is 34. The molecule has 0 aromatic heterocycles. The first kappa shape index (κ1) is 58.9. The van der Waals surface area contributed by atoms with Gasteiger partial charge in [-0.25, -0.2) is 0 Å². The van der Waals surface area contributed by atoms with Gasteiger partial charge in [0.15, 0.2) is 6.29 Å². The first-order chi connectivity index (χ1) is 30.3. The van der Waals surface area contributed by atoms with Crippen LogP contribution in [0.3, 0.4) is 0 Å². The van der Waals surface area contributed by atoms with Crippen LogP contribution in [0.25, 0.3) is 0 Å². The SMILES string of the molecule is CCCCCCCCCCCCCCCC/C=C/C(O)C(COC1OC(CO)C(O)C(O)C1O)NC(=O)C(O)CCCCCCCCCCCCCCCCCCCCCCC. The number of carbonyl (C=O) groups excluding carboxylic acids is 1. The van der Waals surface area contributed by atoms with Gasteiger partial charge in [0.2, 0.25) is 5.91 Å². The lowest BCUT2D eigenvalue weighted by molar-refractivity contribution is -0.302. The molecule has 62 heavy (non-hydrogen) atoms. The van der Waals surface area contributed by atoms with Gasteiger partial charge in [0.25, 0.3) is 0 Å². The molecule has 0 aromatic carbocycles. The van der Waals surface area contributed by atoms with Crippen molar-refractivity contribution < 1.29 is 44.9 Å². The molecule has 1 heterocycles. The van der Waals surface area contributed by atoms with E-state index in [1.807, 2.05) is 6.08 Å². The molecule has 1 aliphatic heterocycles. The van der Waals surface area contributed by atoms with Gasteiger partial charge in [-0.05, 0) is 19.3 Å². The number of hydrogen-bond acceptors (Lipinski definition) is 9. The van der Waals surface area contributed by atoms with Crippen molar-refractivity contribution in [3.05, 3.63) is 12.2 Å². The molecule has 0 radical (unpaired) electrons. The van der Waals surface area contributed by atoms with Crippen LogP contribution in [0, 0.1) is 0 Å². The maximum absolute atomic E-state index is 13.1. The van der Waals surface area contributed by atoms with Gasteiger partial charge >= 0.3 is 0 Å². The molecule has 0 aromatic rings. The van der Waals surface area contributed by atoms with Gasteiger partial charge in [-0.1, -0.05) is 244 Å². The predicted octanol–water partition coefficient (Wildman–Crippen LogP) is 11.0. The number of aliphatic hydroxyl groups excluding tert-OH is 6. The summed E-state index contributed by atoms with van der Waals surface area (Å²) in [5.74, 6) is -0.611. The number of carbonyl (C=O) groups is 1. The number of amides is 1. The molecule has 1 fully saturated rings. The first-order valence-corrected chi connectivity index (χ1v) is 26.5. The molecule has 0 aliphatic carbocycles. The van der Waals surface area contributed by atoms with Crippen LogP contribution in [-0.2, 0) is 14.3 Å². The van der Waals surface area contributed by atoms with Crippen LogP contribution < -0.4 is 5.32 Å². The summed E-state index contributed by atoms with van der Waals surface area (Å²) >= 11 is 0. The minimum absolute atomic E-state index is 0.301. The van der Waals surface area contributed by atoms with Crippen molar-refractivity contribution in [2.24, 2.45) is 0 Å². The van der Waals surface area contributed by atoms with Crippen LogP contribution in [0.4, 0.5) is 0 Å². The van der Waals surface area contributed by atoms with Gasteiger partial charge in [-0.3, -0.25) is 4.79 Å². The maximum Gasteiger partial charge on any atom is 0.249 e. The van der Waals surface area contributed by atoms with Gasteiger partial charge in [0.1, 0.15) is 30.5 Å². The molecule has 0 bridgehead atoms. The van der Waals surface area contributed by atoms with E-state index >= 15 is 0 Å². The monoisotopic (exact) mass is 884 g/mol. The van der Waals surface area contributed by atoms with E-state index in [0.29, 0.717) is 6.42 Å². The van der Waals surface area contributed by atoms with E-state index in [2.05, 4.69) is 19.2 Å². The fourth-order valence-electron chi connectivity index (χ4n) is 8.64. The minimum atomic E-state index is -1.61. The molecule has 10 nitrogen and oxygen atoms in total. The Morgan fingerprint density at radius 1 is 0.548 bits per heavy atom. The second kappa shape index (κ2) is 42.5. The fourth-order valence-corrected chi connectivity index (χ4v) is 8.64. The zero-order valence-corrected chi connectivity index (χ0v) is 40.3. The van der Waals surface area contributed by atoms with Crippen molar-refractivity contribution in [2.75, 3.05) is 13.2 Å². The van der Waals surface area contributed by atoms with Crippen molar-refractivity contribution in [2.45, 2.75) is 300 Å². The third kappa shape index (κ3) is 31.7. The number of allylic oxidation sites excluding steroid dienone is 1. The van der Waals surface area contributed by atoms with Gasteiger partial charge in [-0.15, -0.1) is 0 Å². The predicted molar refractivity (Wildman–Crippen MR) is 255 cm³/mol. The quantitative estimate of drug-likeness (QED) is 0.0232. The molecule has 8 atom stereocenters. The summed E-state index contributed by atoms with van der Waals surface area (Å²) < 4.78 is 11.2. The highest BCUT2D eigenvalue weighted by Crippen LogP contribution is 2.23. The summed E-state index contributed by atoms with van der Waals surface area (Å²) in [7, 11) is 0. The van der Waals surface area contributed by atoms with Gasteiger partial charge in [0, 0.05) is 0 Å². The number of aliphatic hydroxyl groups is 6. The van der Waals surface area contributed by atoms with E-state index in [9.17, 15) is 35.4 Å². The molecule has 1 rings (SSSR count). The molecular formula is C52H101NO9. The number of rotatable bonds is 45. The third-order valence-electron chi connectivity index (χ3n) is 13.0. The van der Waals surface area contributed by atoms with E-state index in [4.69, 9.17) is 9.47 Å². The Labute approximate surface area is 380 Å². The Balaban J connectivity index is 2.31. The van der Waals surface area contributed by atoms with Crippen LogP contribution in [-0.4, -0.2) is 98.7 Å². The fraction of sp³-hybridized carbons (Fsp3) is 0.942. The standard InChI is InChI=1S/C52H101NO9/c1-3-5-7-9-11-13-15-17-19-21-22-23-24-25-27-29-31-33-35-37-39-41-46(56)51(60)53-44(43-61-52-50(59)49(58)48(57)47(42-54)62-52)45(55)40-38-36-34-32-30-28-26-20-18-16-14-12-10-8-6-4-2/h38,40,44-50,52,54-59H,3-37,39,41-43H2,1-2H3,(H,53,60)/b40-38+. The van der Waals surface area contributed by atoms with Gasteiger partial charge in [-0.2, -0.15) is 0 Å². The molecule has 1 amide bonds. The number of hydrogen-bond donors (Lipinski definition) is 7. The summed E-state index contributed by atoms with van der Waals surface area (Å²) in [6.45, 7) is 3.64. The normalized spacial score (nSPS) is 20.8. The summed E-state index contributed by atoms with van der Waals surface area (Å²) in [5, 5.41) is 64.9. The lowest BCUT2D eigenvalue weighted by atomic mass is 9.99. The zero-order valence-electron chi connectivity index (χ0n) is 40.3. The average Bonchev–Trinajstić information content (AvgIpc) is 3.27. The second-order valence-corrected chi connectivity index (χ2v) is 18.8. The molecule has 1 saturated heterocycles. The molecular weight excluding hydrogens is 783 g/mol. The molecule has 7 N–H and O–H groups in total. The van der Waals surface area contributed by atoms with Crippen LogP contribution in [0.5, 0.6) is 0 Å². The van der Waals surface area contributed by atoms with E-state index in [1.165, 1.54) is 186 Å². The molecule has 10 heteroatoms. The highest BCUT2D eigenvalue weighted by molar-refractivity contribution is 5.80. The lowest BCUT2D eigenvalue weighted by Crippen LogP contribution is -2.60. The smallest absolute Gasteiger partial charge is 0.249 e. The van der Waals surface area contributed by atoms with Crippen molar-refractivity contribution in [1.82, 2.24) is 5.32 Å². The second-order valence-electron chi connectivity index (χ2n) is 18.8. The van der Waals surface area contributed by atoms with Crippen molar-refractivity contribution >= 4 is 5.91 Å². The Morgan fingerprint density at radius 2 is 0.919 bits per heavy atom. The van der Waals surface area contributed by atoms with E-state index in [-0.39, 0.29) is 6.61 Å². The maximum atomic E-state index is 13.1. The Hall–Kier alpha value is -1.11. The average molecular weight is 884 g/mol. The zero-order chi connectivity index (χ0) is 45.3. The van der Waals surface area contributed by atoms with Crippen LogP contribution in [0.15, 0.2) is 12.2 Å². The molecule has 0 saturated carbocycles. The van der Waals surface area contributed by atoms with Crippen molar-refractivity contribution in [3.8, 4) is 0 Å². The summed E-state index contributed by atoms with van der Waals surface area (Å²) in [6.07, 6.45) is 40.1. The molecule has 8 unspecified atom stereocenters. The third-order valence-corrected chi connectivity index (χ3v) is 13.0. The molecule has 368 valence electrons. The first-order valence-electron chi connectivity index (χ1n) is 26.5. The van der Waals surface area contributed by atoms with Gasteiger partial charge in [0.05, 0.1) is 25.4 Å². The lowest BCUT2D eigenvalue weighted by Gasteiger charge is -2.40. The van der Waals surface area contributed by atoms with E-state index in [0.717, 1.165) is 44.9 Å². The summed E-state index contributed by atoms with van der Waals surface area (Å²) in [4.78, 5) is 13.1. The van der Waals surface area contributed by atoms with Crippen molar-refractivity contribution in [1.29, 1.82) is 0 Å². The minimum Gasteiger partial charge on any atom is -0.394 e.